The van der Waals surface area contributed by atoms with Crippen LogP contribution >= 0.6 is 0 Å². The van der Waals surface area contributed by atoms with Crippen molar-refractivity contribution in [1.82, 2.24) is 10.5 Å². The van der Waals surface area contributed by atoms with E-state index in [1.807, 2.05) is 18.3 Å². The highest BCUT2D eigenvalue weighted by atomic mass is 16.6. The summed E-state index contributed by atoms with van der Waals surface area (Å²) in [5, 5.41) is 1.20. The summed E-state index contributed by atoms with van der Waals surface area (Å²) >= 11 is 0. The third-order valence-electron chi connectivity index (χ3n) is 3.47. The van der Waals surface area contributed by atoms with Gasteiger partial charge in [-0.1, -0.05) is 26.2 Å². The number of aromatic amines is 1. The maximum atomic E-state index is 5.63. The zero-order chi connectivity index (χ0) is 14.2. The summed E-state index contributed by atoms with van der Waals surface area (Å²) in [7, 11) is 0. The van der Waals surface area contributed by atoms with Crippen LogP contribution in [0.2, 0.25) is 0 Å². The molecule has 0 fully saturated rings. The van der Waals surface area contributed by atoms with Crippen LogP contribution in [0.5, 0.6) is 5.75 Å². The van der Waals surface area contributed by atoms with E-state index in [4.69, 9.17) is 10.6 Å². The van der Waals surface area contributed by atoms with Gasteiger partial charge in [-0.25, -0.2) is 0 Å². The van der Waals surface area contributed by atoms with Crippen molar-refractivity contribution in [3.05, 3.63) is 30.0 Å². The van der Waals surface area contributed by atoms with Crippen molar-refractivity contribution < 1.29 is 4.84 Å². The van der Waals surface area contributed by atoms with Gasteiger partial charge in [0.05, 0.1) is 0 Å². The number of aromatic nitrogens is 1. The van der Waals surface area contributed by atoms with E-state index in [9.17, 15) is 0 Å². The second-order valence-electron chi connectivity index (χ2n) is 5.12. The van der Waals surface area contributed by atoms with Crippen LogP contribution in [0, 0.1) is 0 Å². The van der Waals surface area contributed by atoms with Crippen molar-refractivity contribution >= 4 is 10.9 Å². The van der Waals surface area contributed by atoms with Gasteiger partial charge in [0.15, 0.2) is 0 Å². The second kappa shape index (κ2) is 7.92. The molecule has 4 N–H and O–H groups in total. The maximum Gasteiger partial charge on any atom is 0.147 e. The van der Waals surface area contributed by atoms with E-state index in [2.05, 4.69) is 23.5 Å². The fourth-order valence-corrected chi connectivity index (χ4v) is 2.34. The van der Waals surface area contributed by atoms with Crippen LogP contribution in [0.15, 0.2) is 24.4 Å². The second-order valence-corrected chi connectivity index (χ2v) is 5.12. The number of H-pyrrole nitrogens is 1. The number of fused-ring (bicyclic) bond motifs is 1. The van der Waals surface area contributed by atoms with Crippen LogP contribution in [0.4, 0.5) is 0 Å². The molecule has 1 heterocycles. The van der Waals surface area contributed by atoms with Gasteiger partial charge in [-0.05, 0) is 43.1 Å². The van der Waals surface area contributed by atoms with Crippen LogP contribution in [0.3, 0.4) is 0 Å². The standard InChI is InChI=1S/C16H25N3O/c1-2-3-4-5-10-19-20-14-6-7-16-15(11-14)13(8-9-17)12-18-16/h6-7,11-12,18-19H,2-5,8-10,17H2,1H3. The Morgan fingerprint density at radius 2 is 2.15 bits per heavy atom. The third-order valence-corrected chi connectivity index (χ3v) is 3.47. The molecule has 0 saturated heterocycles. The van der Waals surface area contributed by atoms with Crippen molar-refractivity contribution in [2.45, 2.75) is 39.0 Å². The highest BCUT2D eigenvalue weighted by Crippen LogP contribution is 2.23. The molecule has 2 rings (SSSR count). The lowest BCUT2D eigenvalue weighted by Crippen LogP contribution is -2.19. The maximum absolute atomic E-state index is 5.63. The minimum Gasteiger partial charge on any atom is -0.409 e. The number of hydrogen-bond acceptors (Lipinski definition) is 3. The predicted octanol–water partition coefficient (Wildman–Crippen LogP) is 3.13. The Kier molecular flexibility index (Phi) is 5.89. The van der Waals surface area contributed by atoms with Gasteiger partial charge in [-0.15, -0.1) is 0 Å². The molecule has 1 aromatic heterocycles. The average molecular weight is 275 g/mol. The molecule has 0 aliphatic heterocycles. The molecule has 0 spiro atoms. The molecule has 4 heteroatoms. The average Bonchev–Trinajstić information content (AvgIpc) is 2.86. The van der Waals surface area contributed by atoms with Crippen LogP contribution in [0.1, 0.15) is 38.2 Å². The van der Waals surface area contributed by atoms with Gasteiger partial charge >= 0.3 is 0 Å². The highest BCUT2D eigenvalue weighted by Gasteiger charge is 2.04. The third kappa shape index (κ3) is 3.99. The zero-order valence-electron chi connectivity index (χ0n) is 12.2. The van der Waals surface area contributed by atoms with Crippen molar-refractivity contribution in [2.24, 2.45) is 5.73 Å². The first kappa shape index (κ1) is 14.9. The number of hydroxylamine groups is 1. The van der Waals surface area contributed by atoms with Crippen LogP contribution < -0.4 is 16.1 Å². The van der Waals surface area contributed by atoms with Gasteiger partial charge in [-0.2, -0.15) is 5.48 Å². The van der Waals surface area contributed by atoms with Gasteiger partial charge in [0.1, 0.15) is 5.75 Å². The normalized spacial score (nSPS) is 11.1. The summed E-state index contributed by atoms with van der Waals surface area (Å²) in [6.07, 6.45) is 7.87. The van der Waals surface area contributed by atoms with Crippen LogP contribution in [0.25, 0.3) is 10.9 Å². The topological polar surface area (TPSA) is 63.1 Å². The SMILES string of the molecule is CCCCCCNOc1ccc2[nH]cc(CCN)c2c1. The lowest BCUT2D eigenvalue weighted by atomic mass is 10.1. The molecule has 1 aromatic carbocycles. The molecule has 4 nitrogen and oxygen atoms in total. The largest absolute Gasteiger partial charge is 0.409 e. The first-order valence-corrected chi connectivity index (χ1v) is 7.55. The quantitative estimate of drug-likeness (QED) is 0.486. The lowest BCUT2D eigenvalue weighted by Gasteiger charge is -2.07. The van der Waals surface area contributed by atoms with E-state index in [1.165, 1.54) is 30.2 Å². The summed E-state index contributed by atoms with van der Waals surface area (Å²) in [4.78, 5) is 8.86. The van der Waals surface area contributed by atoms with Gasteiger partial charge in [0.2, 0.25) is 0 Å². The number of hydrogen-bond donors (Lipinski definition) is 3. The van der Waals surface area contributed by atoms with E-state index < -0.39 is 0 Å². The van der Waals surface area contributed by atoms with E-state index >= 15 is 0 Å². The molecule has 110 valence electrons. The molecule has 0 saturated carbocycles. The summed E-state index contributed by atoms with van der Waals surface area (Å²) in [6, 6.07) is 6.09. The molecule has 0 radical (unpaired) electrons. The Morgan fingerprint density at radius 1 is 1.25 bits per heavy atom. The fourth-order valence-electron chi connectivity index (χ4n) is 2.34. The highest BCUT2D eigenvalue weighted by molar-refractivity contribution is 5.84. The molecule has 0 amide bonds. The van der Waals surface area contributed by atoms with Crippen LogP contribution in [-0.2, 0) is 6.42 Å². The number of nitrogens with two attached hydrogens (primary N) is 1. The van der Waals surface area contributed by atoms with Gasteiger partial charge in [0.25, 0.3) is 0 Å². The number of benzene rings is 1. The smallest absolute Gasteiger partial charge is 0.147 e. The predicted molar refractivity (Wildman–Crippen MR) is 83.8 cm³/mol. The molecular weight excluding hydrogens is 250 g/mol. The molecule has 0 unspecified atom stereocenters. The Balaban J connectivity index is 1.88. The van der Waals surface area contributed by atoms with Gasteiger partial charge in [0, 0.05) is 23.6 Å². The van der Waals surface area contributed by atoms with E-state index in [-0.39, 0.29) is 0 Å². The Hall–Kier alpha value is -1.52. The van der Waals surface area contributed by atoms with Crippen molar-refractivity contribution in [1.29, 1.82) is 0 Å². The van der Waals surface area contributed by atoms with Crippen molar-refractivity contribution in [3.63, 3.8) is 0 Å². The van der Waals surface area contributed by atoms with Crippen LogP contribution in [-0.4, -0.2) is 18.1 Å². The Labute approximate surface area is 120 Å². The molecule has 20 heavy (non-hydrogen) atoms. The van der Waals surface area contributed by atoms with Gasteiger partial charge < -0.3 is 15.6 Å². The summed E-state index contributed by atoms with van der Waals surface area (Å²) in [5.41, 5.74) is 11.0. The number of unbranched alkanes of at least 4 members (excludes halogenated alkanes) is 3. The zero-order valence-corrected chi connectivity index (χ0v) is 12.2. The molecular formula is C16H25N3O. The van der Waals surface area contributed by atoms with E-state index in [0.29, 0.717) is 6.54 Å². The van der Waals surface area contributed by atoms with E-state index in [0.717, 1.165) is 30.7 Å². The summed E-state index contributed by atoms with van der Waals surface area (Å²) < 4.78 is 0. The Bertz CT molecular complexity index is 521. The molecule has 2 aromatic rings. The Morgan fingerprint density at radius 3 is 2.95 bits per heavy atom. The summed E-state index contributed by atoms with van der Waals surface area (Å²) in [5.74, 6) is 0.853. The first-order chi connectivity index (χ1) is 9.85. The first-order valence-electron chi connectivity index (χ1n) is 7.55. The fraction of sp³-hybridized carbons (Fsp3) is 0.500. The lowest BCUT2D eigenvalue weighted by molar-refractivity contribution is 0.194. The minimum atomic E-state index is 0.660. The van der Waals surface area contributed by atoms with E-state index in [1.54, 1.807) is 0 Å². The molecule has 0 aliphatic carbocycles. The van der Waals surface area contributed by atoms with Crippen molar-refractivity contribution in [3.8, 4) is 5.75 Å². The molecule has 0 aliphatic rings. The monoisotopic (exact) mass is 275 g/mol. The minimum absolute atomic E-state index is 0.660. The number of rotatable bonds is 9. The number of nitrogens with one attached hydrogen (secondary N) is 2. The van der Waals surface area contributed by atoms with Crippen molar-refractivity contribution in [2.75, 3.05) is 13.1 Å². The van der Waals surface area contributed by atoms with Gasteiger partial charge in [-0.3, -0.25) is 0 Å². The molecule has 0 bridgehead atoms. The summed E-state index contributed by atoms with van der Waals surface area (Å²) in [6.45, 7) is 3.77. The molecule has 0 atom stereocenters.